The molecule has 0 unspecified atom stereocenters. The fraction of sp³-hybridized carbons (Fsp3) is 0.429. The van der Waals surface area contributed by atoms with E-state index in [1.807, 2.05) is 0 Å². The summed E-state index contributed by atoms with van der Waals surface area (Å²) in [5.41, 5.74) is 0. The van der Waals surface area contributed by atoms with E-state index < -0.39 is 5.97 Å². The zero-order valence-electron chi connectivity index (χ0n) is 6.17. The van der Waals surface area contributed by atoms with E-state index in [1.54, 1.807) is 6.08 Å². The molecule has 62 valence electrons. The SMILES string of the molecule is CC(=O)CC(=O)OC=CCBr. The molecular formula is C7H9BrO3. The van der Waals surface area contributed by atoms with Crippen LogP contribution in [0.25, 0.3) is 0 Å². The molecule has 0 N–H and O–H groups in total. The molecule has 3 nitrogen and oxygen atoms in total. The number of halogens is 1. The number of Topliss-reactive ketones (excluding diaryl/α,β-unsaturated/α-hetero) is 1. The molecule has 0 fully saturated rings. The van der Waals surface area contributed by atoms with Gasteiger partial charge in [-0.1, -0.05) is 15.9 Å². The van der Waals surface area contributed by atoms with Crippen LogP contribution in [0.5, 0.6) is 0 Å². The van der Waals surface area contributed by atoms with E-state index in [4.69, 9.17) is 0 Å². The van der Waals surface area contributed by atoms with Crippen molar-refractivity contribution in [2.75, 3.05) is 5.33 Å². The highest BCUT2D eigenvalue weighted by Gasteiger charge is 2.03. The monoisotopic (exact) mass is 220 g/mol. The van der Waals surface area contributed by atoms with Crippen LogP contribution in [0.4, 0.5) is 0 Å². The van der Waals surface area contributed by atoms with Gasteiger partial charge in [0.15, 0.2) is 0 Å². The van der Waals surface area contributed by atoms with Crippen molar-refractivity contribution in [1.82, 2.24) is 0 Å². The summed E-state index contributed by atoms with van der Waals surface area (Å²) in [7, 11) is 0. The number of hydrogen-bond acceptors (Lipinski definition) is 3. The lowest BCUT2D eigenvalue weighted by molar-refractivity contribution is -0.140. The lowest BCUT2D eigenvalue weighted by Gasteiger charge is -1.93. The summed E-state index contributed by atoms with van der Waals surface area (Å²) < 4.78 is 4.52. The number of hydrogen-bond donors (Lipinski definition) is 0. The van der Waals surface area contributed by atoms with Crippen molar-refractivity contribution in [1.29, 1.82) is 0 Å². The van der Waals surface area contributed by atoms with Crippen molar-refractivity contribution >= 4 is 27.7 Å². The highest BCUT2D eigenvalue weighted by Crippen LogP contribution is 1.89. The molecule has 0 atom stereocenters. The van der Waals surface area contributed by atoms with Gasteiger partial charge in [-0.05, 0) is 13.0 Å². The molecule has 0 saturated carbocycles. The third-order valence-electron chi connectivity index (χ3n) is 0.778. The van der Waals surface area contributed by atoms with Crippen LogP contribution in [0.15, 0.2) is 12.3 Å². The first-order chi connectivity index (χ1) is 5.16. The minimum absolute atomic E-state index is 0.160. The van der Waals surface area contributed by atoms with Crippen LogP contribution in [0, 0.1) is 0 Å². The highest BCUT2D eigenvalue weighted by atomic mass is 79.9. The molecule has 0 aliphatic rings. The summed E-state index contributed by atoms with van der Waals surface area (Å²) in [6, 6.07) is 0. The molecule has 0 spiro atoms. The first-order valence-corrected chi connectivity index (χ1v) is 4.19. The molecule has 0 amide bonds. The van der Waals surface area contributed by atoms with Crippen LogP contribution in [-0.4, -0.2) is 17.1 Å². The molecule has 0 aromatic rings. The second kappa shape index (κ2) is 6.09. The first kappa shape index (κ1) is 10.4. The van der Waals surface area contributed by atoms with Crippen molar-refractivity contribution in [2.45, 2.75) is 13.3 Å². The van der Waals surface area contributed by atoms with Crippen molar-refractivity contribution in [3.63, 3.8) is 0 Å². The zero-order chi connectivity index (χ0) is 8.69. The van der Waals surface area contributed by atoms with E-state index in [0.717, 1.165) is 0 Å². The lowest BCUT2D eigenvalue weighted by atomic mass is 10.3. The molecule has 4 heteroatoms. The van der Waals surface area contributed by atoms with E-state index in [-0.39, 0.29) is 12.2 Å². The summed E-state index contributed by atoms with van der Waals surface area (Å²) in [6.45, 7) is 1.34. The van der Waals surface area contributed by atoms with Crippen molar-refractivity contribution in [2.24, 2.45) is 0 Å². The molecule has 0 saturated heterocycles. The van der Waals surface area contributed by atoms with Gasteiger partial charge < -0.3 is 4.74 Å². The van der Waals surface area contributed by atoms with Crippen molar-refractivity contribution < 1.29 is 14.3 Å². The predicted octanol–water partition coefficient (Wildman–Crippen LogP) is 1.42. The van der Waals surface area contributed by atoms with Gasteiger partial charge in [-0.15, -0.1) is 0 Å². The Balaban J connectivity index is 3.53. The van der Waals surface area contributed by atoms with Crippen LogP contribution in [0.2, 0.25) is 0 Å². The summed E-state index contributed by atoms with van der Waals surface area (Å²) in [5.74, 6) is -0.711. The Morgan fingerprint density at radius 2 is 2.18 bits per heavy atom. The largest absolute Gasteiger partial charge is 0.434 e. The van der Waals surface area contributed by atoms with Crippen LogP contribution < -0.4 is 0 Å². The number of alkyl halides is 1. The number of allylic oxidation sites excluding steroid dienone is 1. The molecule has 0 bridgehead atoms. The first-order valence-electron chi connectivity index (χ1n) is 3.06. The van der Waals surface area contributed by atoms with E-state index in [1.165, 1.54) is 13.2 Å². The number of carbonyl (C=O) groups is 2. The second-order valence-corrected chi connectivity index (χ2v) is 2.54. The molecule has 11 heavy (non-hydrogen) atoms. The molecule has 0 aliphatic heterocycles. The van der Waals surface area contributed by atoms with E-state index in [9.17, 15) is 9.59 Å². The van der Waals surface area contributed by atoms with Crippen molar-refractivity contribution in [3.05, 3.63) is 12.3 Å². The maximum Gasteiger partial charge on any atom is 0.318 e. The number of ketones is 1. The number of ether oxygens (including phenoxy) is 1. The molecule has 0 heterocycles. The Morgan fingerprint density at radius 1 is 1.55 bits per heavy atom. The maximum absolute atomic E-state index is 10.6. The number of esters is 1. The number of rotatable bonds is 4. The predicted molar refractivity (Wildman–Crippen MR) is 44.3 cm³/mol. The molecule has 0 radical (unpaired) electrons. The van der Waals surface area contributed by atoms with Gasteiger partial charge in [0.05, 0.1) is 6.26 Å². The Bertz CT molecular complexity index is 175. The Labute approximate surface area is 73.5 Å². The van der Waals surface area contributed by atoms with Crippen LogP contribution in [-0.2, 0) is 14.3 Å². The van der Waals surface area contributed by atoms with Crippen molar-refractivity contribution in [3.8, 4) is 0 Å². The minimum Gasteiger partial charge on any atom is -0.434 e. The fourth-order valence-corrected chi connectivity index (χ4v) is 0.558. The van der Waals surface area contributed by atoms with Gasteiger partial charge in [0.2, 0.25) is 0 Å². The third-order valence-corrected chi connectivity index (χ3v) is 1.15. The summed E-state index contributed by atoms with van der Waals surface area (Å²) in [5, 5.41) is 0.625. The van der Waals surface area contributed by atoms with Gasteiger partial charge in [0.25, 0.3) is 0 Å². The van der Waals surface area contributed by atoms with E-state index in [2.05, 4.69) is 20.7 Å². The topological polar surface area (TPSA) is 43.4 Å². The zero-order valence-corrected chi connectivity index (χ0v) is 7.76. The summed E-state index contributed by atoms with van der Waals surface area (Å²) in [4.78, 5) is 21.0. The van der Waals surface area contributed by atoms with E-state index in [0.29, 0.717) is 5.33 Å². The van der Waals surface area contributed by atoms with Crippen LogP contribution in [0.1, 0.15) is 13.3 Å². The van der Waals surface area contributed by atoms with Gasteiger partial charge in [0, 0.05) is 5.33 Å². The molecule has 0 aromatic carbocycles. The maximum atomic E-state index is 10.6. The van der Waals surface area contributed by atoms with Gasteiger partial charge >= 0.3 is 5.97 Å². The van der Waals surface area contributed by atoms with Gasteiger partial charge in [-0.25, -0.2) is 0 Å². The quantitative estimate of drug-likeness (QED) is 0.312. The van der Waals surface area contributed by atoms with Gasteiger partial charge in [-0.3, -0.25) is 9.59 Å². The molecule has 0 aliphatic carbocycles. The smallest absolute Gasteiger partial charge is 0.318 e. The van der Waals surface area contributed by atoms with Crippen LogP contribution in [0.3, 0.4) is 0 Å². The average Bonchev–Trinajstić information content (AvgIpc) is 1.86. The Kier molecular flexibility index (Phi) is 5.74. The van der Waals surface area contributed by atoms with E-state index >= 15 is 0 Å². The standard InChI is InChI=1S/C7H9BrO3/c1-6(9)5-7(10)11-4-2-3-8/h2,4H,3,5H2,1H3. The summed E-state index contributed by atoms with van der Waals surface area (Å²) in [6.07, 6.45) is 2.73. The number of carbonyl (C=O) groups excluding carboxylic acids is 2. The fourth-order valence-electron chi connectivity index (χ4n) is 0.405. The minimum atomic E-state index is -0.519. The molecule has 0 rings (SSSR count). The van der Waals surface area contributed by atoms with Gasteiger partial charge in [-0.2, -0.15) is 0 Å². The van der Waals surface area contributed by atoms with Crippen LogP contribution >= 0.6 is 15.9 Å². The summed E-state index contributed by atoms with van der Waals surface area (Å²) >= 11 is 3.11. The molecule has 0 aromatic heterocycles. The highest BCUT2D eigenvalue weighted by molar-refractivity contribution is 9.09. The Morgan fingerprint density at radius 3 is 2.64 bits per heavy atom. The lowest BCUT2D eigenvalue weighted by Crippen LogP contribution is -2.04. The van der Waals surface area contributed by atoms with Gasteiger partial charge in [0.1, 0.15) is 12.2 Å². The second-order valence-electron chi connectivity index (χ2n) is 1.89. The molecular weight excluding hydrogens is 212 g/mol. The average molecular weight is 221 g/mol. The normalized spacial score (nSPS) is 10.0. The Hall–Kier alpha value is -0.640. The third kappa shape index (κ3) is 7.25.